The Bertz CT molecular complexity index is 445. The molecule has 0 spiro atoms. The van der Waals surface area contributed by atoms with Crippen molar-refractivity contribution in [3.8, 4) is 0 Å². The highest BCUT2D eigenvalue weighted by atomic mass is 35.5. The number of halogens is 1. The lowest BCUT2D eigenvalue weighted by Crippen LogP contribution is -2.28. The van der Waals surface area contributed by atoms with Crippen LogP contribution in [0.2, 0.25) is 5.02 Å². The summed E-state index contributed by atoms with van der Waals surface area (Å²) in [5.41, 5.74) is 0.351. The fourth-order valence-corrected chi connectivity index (χ4v) is 1.62. The fourth-order valence-electron chi connectivity index (χ4n) is 1.19. The summed E-state index contributed by atoms with van der Waals surface area (Å²) in [6.45, 7) is 7.35. The van der Waals surface area contributed by atoms with E-state index in [1.165, 1.54) is 4.68 Å². The average Bonchev–Trinajstić information content (AvgIpc) is 2.31. The summed E-state index contributed by atoms with van der Waals surface area (Å²) in [6, 6.07) is 0. The van der Waals surface area contributed by atoms with Crippen molar-refractivity contribution < 1.29 is 0 Å². The molecule has 4 nitrogen and oxygen atoms in total. The average molecular weight is 276 g/mol. The van der Waals surface area contributed by atoms with E-state index in [0.29, 0.717) is 12.2 Å². The smallest absolute Gasteiger partial charge is 0.287 e. The highest BCUT2D eigenvalue weighted by Gasteiger charge is 2.17. The first-order chi connectivity index (χ1) is 7.91. The Kier molecular flexibility index (Phi) is 4.89. The minimum Gasteiger partial charge on any atom is -0.381 e. The number of hydrogen-bond donors (Lipinski definition) is 1. The SMILES string of the molecule is CCn1ncc(NCC(C)(C)SC)c(Cl)c1=O. The Balaban J connectivity index is 2.87. The van der Waals surface area contributed by atoms with Crippen molar-refractivity contribution in [1.29, 1.82) is 0 Å². The standard InChI is InChI=1S/C11H18ClN3OS/c1-5-15-10(16)9(12)8(6-14-15)13-7-11(2,3)17-4/h6,13H,5,7H2,1-4H3. The first-order valence-electron chi connectivity index (χ1n) is 5.46. The van der Waals surface area contributed by atoms with Gasteiger partial charge in [-0.2, -0.15) is 16.9 Å². The molecule has 96 valence electrons. The van der Waals surface area contributed by atoms with Gasteiger partial charge >= 0.3 is 0 Å². The summed E-state index contributed by atoms with van der Waals surface area (Å²) in [5.74, 6) is 0. The molecule has 0 aromatic carbocycles. The normalized spacial score (nSPS) is 11.6. The van der Waals surface area contributed by atoms with E-state index >= 15 is 0 Å². The molecule has 1 heterocycles. The predicted octanol–water partition coefficient (Wildman–Crippen LogP) is 2.47. The summed E-state index contributed by atoms with van der Waals surface area (Å²) >= 11 is 7.76. The van der Waals surface area contributed by atoms with Gasteiger partial charge in [-0.3, -0.25) is 4.79 Å². The van der Waals surface area contributed by atoms with E-state index in [1.54, 1.807) is 18.0 Å². The summed E-state index contributed by atoms with van der Waals surface area (Å²) in [4.78, 5) is 11.7. The van der Waals surface area contributed by atoms with Crippen LogP contribution in [0.1, 0.15) is 20.8 Å². The number of aryl methyl sites for hydroxylation is 1. The molecular formula is C11H18ClN3OS. The molecule has 0 radical (unpaired) electrons. The van der Waals surface area contributed by atoms with E-state index in [2.05, 4.69) is 30.5 Å². The highest BCUT2D eigenvalue weighted by molar-refractivity contribution is 7.99. The molecule has 1 rings (SSSR count). The number of thioether (sulfide) groups is 1. The van der Waals surface area contributed by atoms with Gasteiger partial charge in [-0.15, -0.1) is 0 Å². The molecule has 0 saturated heterocycles. The molecule has 6 heteroatoms. The topological polar surface area (TPSA) is 46.9 Å². The van der Waals surface area contributed by atoms with Crippen LogP contribution in [0, 0.1) is 0 Å². The van der Waals surface area contributed by atoms with Gasteiger partial charge in [-0.1, -0.05) is 11.6 Å². The Hall–Kier alpha value is -0.680. The monoisotopic (exact) mass is 275 g/mol. The summed E-state index contributed by atoms with van der Waals surface area (Å²) < 4.78 is 1.43. The lowest BCUT2D eigenvalue weighted by molar-refractivity contribution is 0.615. The molecule has 0 unspecified atom stereocenters. The minimum absolute atomic E-state index is 0.0863. The highest BCUT2D eigenvalue weighted by Crippen LogP contribution is 2.23. The van der Waals surface area contributed by atoms with E-state index in [9.17, 15) is 4.79 Å². The van der Waals surface area contributed by atoms with Crippen molar-refractivity contribution in [1.82, 2.24) is 9.78 Å². The molecule has 0 aliphatic carbocycles. The Morgan fingerprint density at radius 3 is 2.76 bits per heavy atom. The van der Waals surface area contributed by atoms with Crippen LogP contribution in [-0.4, -0.2) is 27.3 Å². The Morgan fingerprint density at radius 1 is 1.59 bits per heavy atom. The Morgan fingerprint density at radius 2 is 2.24 bits per heavy atom. The molecule has 1 aromatic rings. The number of nitrogens with one attached hydrogen (secondary N) is 1. The summed E-state index contributed by atoms with van der Waals surface area (Å²) in [7, 11) is 0. The maximum absolute atomic E-state index is 11.7. The quantitative estimate of drug-likeness (QED) is 0.897. The number of rotatable bonds is 5. The minimum atomic E-state index is -0.249. The second-order valence-corrected chi connectivity index (χ2v) is 6.20. The van der Waals surface area contributed by atoms with Gasteiger partial charge in [-0.25, -0.2) is 4.68 Å². The van der Waals surface area contributed by atoms with Crippen LogP contribution in [0.25, 0.3) is 0 Å². The summed E-state index contributed by atoms with van der Waals surface area (Å²) in [6.07, 6.45) is 3.65. The van der Waals surface area contributed by atoms with Gasteiger partial charge in [0.15, 0.2) is 0 Å². The van der Waals surface area contributed by atoms with E-state index < -0.39 is 0 Å². The zero-order chi connectivity index (χ0) is 13.1. The molecule has 0 amide bonds. The zero-order valence-corrected chi connectivity index (χ0v) is 12.2. The summed E-state index contributed by atoms with van der Waals surface area (Å²) in [5, 5.41) is 7.41. The van der Waals surface area contributed by atoms with Gasteiger partial charge in [0.1, 0.15) is 5.02 Å². The van der Waals surface area contributed by atoms with Crippen molar-refractivity contribution in [3.63, 3.8) is 0 Å². The molecular weight excluding hydrogens is 258 g/mol. The van der Waals surface area contributed by atoms with Gasteiger partial charge < -0.3 is 5.32 Å². The molecule has 0 aliphatic rings. The van der Waals surface area contributed by atoms with Crippen LogP contribution in [0.5, 0.6) is 0 Å². The molecule has 0 fully saturated rings. The second-order valence-electron chi connectivity index (χ2n) is 4.31. The number of nitrogens with zero attached hydrogens (tertiary/aromatic N) is 2. The van der Waals surface area contributed by atoms with Crippen molar-refractivity contribution in [2.45, 2.75) is 32.1 Å². The maximum Gasteiger partial charge on any atom is 0.287 e. The van der Waals surface area contributed by atoms with Gasteiger partial charge in [0.25, 0.3) is 5.56 Å². The van der Waals surface area contributed by atoms with Crippen LogP contribution in [-0.2, 0) is 6.54 Å². The molecule has 17 heavy (non-hydrogen) atoms. The lowest BCUT2D eigenvalue weighted by atomic mass is 10.2. The molecule has 1 aromatic heterocycles. The third-order valence-electron chi connectivity index (χ3n) is 2.54. The largest absolute Gasteiger partial charge is 0.381 e. The van der Waals surface area contributed by atoms with Crippen LogP contribution in [0.3, 0.4) is 0 Å². The van der Waals surface area contributed by atoms with Crippen molar-refractivity contribution >= 4 is 29.1 Å². The molecule has 0 bridgehead atoms. The zero-order valence-electron chi connectivity index (χ0n) is 10.6. The van der Waals surface area contributed by atoms with E-state index in [-0.39, 0.29) is 15.3 Å². The number of anilines is 1. The van der Waals surface area contributed by atoms with Crippen LogP contribution >= 0.6 is 23.4 Å². The fraction of sp³-hybridized carbons (Fsp3) is 0.636. The second kappa shape index (κ2) is 5.78. The first kappa shape index (κ1) is 14.4. The molecule has 0 saturated carbocycles. The van der Waals surface area contributed by atoms with E-state index in [0.717, 1.165) is 6.54 Å². The van der Waals surface area contributed by atoms with Gasteiger partial charge in [-0.05, 0) is 27.0 Å². The van der Waals surface area contributed by atoms with Gasteiger partial charge in [0, 0.05) is 17.8 Å². The Labute approximate surface area is 111 Å². The maximum atomic E-state index is 11.7. The van der Waals surface area contributed by atoms with Crippen LogP contribution in [0.15, 0.2) is 11.0 Å². The van der Waals surface area contributed by atoms with Gasteiger partial charge in [0.05, 0.1) is 11.9 Å². The third kappa shape index (κ3) is 3.64. The van der Waals surface area contributed by atoms with Crippen LogP contribution in [0.4, 0.5) is 5.69 Å². The third-order valence-corrected chi connectivity index (χ3v) is 4.16. The van der Waals surface area contributed by atoms with Crippen LogP contribution < -0.4 is 10.9 Å². The number of aromatic nitrogens is 2. The van der Waals surface area contributed by atoms with Crippen molar-refractivity contribution in [3.05, 3.63) is 21.6 Å². The van der Waals surface area contributed by atoms with Crippen molar-refractivity contribution in [2.75, 3.05) is 18.1 Å². The molecule has 1 N–H and O–H groups in total. The molecule has 0 aliphatic heterocycles. The lowest BCUT2D eigenvalue weighted by Gasteiger charge is -2.23. The van der Waals surface area contributed by atoms with E-state index in [1.807, 2.05) is 6.92 Å². The molecule has 0 atom stereocenters. The first-order valence-corrected chi connectivity index (χ1v) is 7.06. The van der Waals surface area contributed by atoms with Gasteiger partial charge in [0.2, 0.25) is 0 Å². The number of hydrogen-bond acceptors (Lipinski definition) is 4. The predicted molar refractivity (Wildman–Crippen MR) is 75.3 cm³/mol. The van der Waals surface area contributed by atoms with Crippen molar-refractivity contribution in [2.24, 2.45) is 0 Å². The van der Waals surface area contributed by atoms with E-state index in [4.69, 9.17) is 11.6 Å².